The molecular weight excluding hydrogens is 361 g/mol. The molecule has 0 spiro atoms. The Hall–Kier alpha value is -3.19. The van der Waals surface area contributed by atoms with Crippen LogP contribution < -0.4 is 5.32 Å². The van der Waals surface area contributed by atoms with Crippen molar-refractivity contribution in [2.75, 3.05) is 11.9 Å². The quantitative estimate of drug-likeness (QED) is 0.538. The van der Waals surface area contributed by atoms with Gasteiger partial charge in [0.05, 0.1) is 22.5 Å². The van der Waals surface area contributed by atoms with Gasteiger partial charge in [-0.2, -0.15) is 0 Å². The van der Waals surface area contributed by atoms with E-state index in [1.54, 1.807) is 42.2 Å². The Bertz CT molecular complexity index is 1020. The van der Waals surface area contributed by atoms with E-state index < -0.39 is 0 Å². The number of anilines is 1. The molecule has 0 saturated heterocycles. The number of nitrogens with zero attached hydrogens (tertiary/aromatic N) is 4. The number of rotatable bonds is 6. The zero-order valence-corrected chi connectivity index (χ0v) is 15.2. The summed E-state index contributed by atoms with van der Waals surface area (Å²) in [4.78, 5) is 18.6. The second-order valence-corrected chi connectivity index (χ2v) is 6.78. The van der Waals surface area contributed by atoms with Crippen LogP contribution in [0.5, 0.6) is 0 Å². The molecule has 27 heavy (non-hydrogen) atoms. The molecule has 1 aromatic carbocycles. The molecule has 0 bridgehead atoms. The lowest BCUT2D eigenvalue weighted by Crippen LogP contribution is -2.09. The lowest BCUT2D eigenvalue weighted by atomic mass is 10.1. The predicted molar refractivity (Wildman–Crippen MR) is 105 cm³/mol. The highest BCUT2D eigenvalue weighted by molar-refractivity contribution is 7.13. The summed E-state index contributed by atoms with van der Waals surface area (Å²) in [5.41, 5.74) is 3.30. The Balaban J connectivity index is 1.57. The van der Waals surface area contributed by atoms with Crippen LogP contribution in [0, 0.1) is 5.82 Å². The van der Waals surface area contributed by atoms with Gasteiger partial charge in [0.15, 0.2) is 0 Å². The summed E-state index contributed by atoms with van der Waals surface area (Å²) in [6, 6.07) is 10.6. The Labute approximate surface area is 160 Å². The van der Waals surface area contributed by atoms with Crippen LogP contribution in [-0.4, -0.2) is 26.5 Å². The lowest BCUT2D eigenvalue weighted by Gasteiger charge is -2.10. The van der Waals surface area contributed by atoms with E-state index in [0.717, 1.165) is 27.4 Å². The molecule has 3 heterocycles. The number of benzene rings is 1. The molecule has 0 amide bonds. The Kier molecular flexibility index (Phi) is 5.11. The number of thiophene rings is 1. The molecule has 5 nitrogen and oxygen atoms in total. The van der Waals surface area contributed by atoms with Crippen molar-refractivity contribution in [1.82, 2.24) is 19.9 Å². The third-order valence-electron chi connectivity index (χ3n) is 3.97. The average Bonchev–Trinajstić information content (AvgIpc) is 3.23. The maximum absolute atomic E-state index is 13.3. The highest BCUT2D eigenvalue weighted by Crippen LogP contribution is 2.32. The third kappa shape index (κ3) is 4.15. The third-order valence-corrected chi connectivity index (χ3v) is 4.84. The molecule has 7 heteroatoms. The number of aromatic nitrogens is 4. The van der Waals surface area contributed by atoms with Gasteiger partial charge in [-0.3, -0.25) is 9.97 Å². The van der Waals surface area contributed by atoms with Crippen molar-refractivity contribution in [3.8, 4) is 21.8 Å². The monoisotopic (exact) mass is 377 g/mol. The first kappa shape index (κ1) is 17.2. The van der Waals surface area contributed by atoms with Gasteiger partial charge in [0.25, 0.3) is 0 Å². The normalized spacial score (nSPS) is 10.7. The fourth-order valence-electron chi connectivity index (χ4n) is 2.70. The predicted octanol–water partition coefficient (Wildman–Crippen LogP) is 4.46. The van der Waals surface area contributed by atoms with E-state index in [9.17, 15) is 4.39 Å². The van der Waals surface area contributed by atoms with Gasteiger partial charge in [-0.15, -0.1) is 11.3 Å². The number of hydrogen-bond acceptors (Lipinski definition) is 6. The van der Waals surface area contributed by atoms with Gasteiger partial charge >= 0.3 is 0 Å². The molecule has 0 atom stereocenters. The average molecular weight is 377 g/mol. The standard InChI is InChI=1S/C20H16FN5S/c21-15-4-1-3-14(11-15)6-7-24-20-25-12-16(17-13-22-8-9-23-17)19(26-20)18-5-2-10-27-18/h1-5,8-13H,6-7H2,(H,24,25,26). The van der Waals surface area contributed by atoms with E-state index in [-0.39, 0.29) is 5.82 Å². The smallest absolute Gasteiger partial charge is 0.223 e. The van der Waals surface area contributed by atoms with Crippen molar-refractivity contribution < 1.29 is 4.39 Å². The van der Waals surface area contributed by atoms with Crippen molar-refractivity contribution in [3.63, 3.8) is 0 Å². The number of nitrogens with one attached hydrogen (secondary N) is 1. The van der Waals surface area contributed by atoms with Crippen LogP contribution in [0.25, 0.3) is 21.8 Å². The van der Waals surface area contributed by atoms with Crippen LogP contribution in [0.2, 0.25) is 0 Å². The Morgan fingerprint density at radius 3 is 2.78 bits per heavy atom. The highest BCUT2D eigenvalue weighted by atomic mass is 32.1. The van der Waals surface area contributed by atoms with E-state index in [0.29, 0.717) is 18.9 Å². The minimum absolute atomic E-state index is 0.225. The molecule has 0 fully saturated rings. The van der Waals surface area contributed by atoms with Gasteiger partial charge in [0, 0.05) is 30.7 Å². The van der Waals surface area contributed by atoms with Crippen LogP contribution in [0.15, 0.2) is 66.6 Å². The summed E-state index contributed by atoms with van der Waals surface area (Å²) < 4.78 is 13.3. The fraction of sp³-hybridized carbons (Fsp3) is 0.100. The molecule has 4 aromatic rings. The minimum Gasteiger partial charge on any atom is -0.354 e. The summed E-state index contributed by atoms with van der Waals surface area (Å²) in [7, 11) is 0. The van der Waals surface area contributed by atoms with Gasteiger partial charge < -0.3 is 5.32 Å². The Morgan fingerprint density at radius 1 is 1.04 bits per heavy atom. The van der Waals surface area contributed by atoms with Gasteiger partial charge in [0.1, 0.15) is 5.82 Å². The van der Waals surface area contributed by atoms with Crippen molar-refractivity contribution in [1.29, 1.82) is 0 Å². The molecule has 0 aliphatic rings. The summed E-state index contributed by atoms with van der Waals surface area (Å²) >= 11 is 1.61. The van der Waals surface area contributed by atoms with E-state index in [4.69, 9.17) is 0 Å². The SMILES string of the molecule is Fc1cccc(CCNc2ncc(-c3cnccn3)c(-c3cccs3)n2)c1. The molecule has 0 unspecified atom stereocenters. The summed E-state index contributed by atoms with van der Waals surface area (Å²) in [6.07, 6.45) is 7.43. The molecule has 3 aromatic heterocycles. The van der Waals surface area contributed by atoms with Crippen LogP contribution >= 0.6 is 11.3 Å². The van der Waals surface area contributed by atoms with Crippen molar-refractivity contribution in [3.05, 3.63) is 77.9 Å². The molecule has 1 N–H and O–H groups in total. The molecular formula is C20H16FN5S. The molecule has 0 aliphatic heterocycles. The van der Waals surface area contributed by atoms with Gasteiger partial charge in [-0.1, -0.05) is 18.2 Å². The van der Waals surface area contributed by atoms with Crippen LogP contribution in [0.4, 0.5) is 10.3 Å². The maximum atomic E-state index is 13.3. The minimum atomic E-state index is -0.225. The number of hydrogen-bond donors (Lipinski definition) is 1. The summed E-state index contributed by atoms with van der Waals surface area (Å²) in [5, 5.41) is 5.23. The topological polar surface area (TPSA) is 63.6 Å². The first-order chi connectivity index (χ1) is 13.3. The van der Waals surface area contributed by atoms with Crippen molar-refractivity contribution in [2.45, 2.75) is 6.42 Å². The summed E-state index contributed by atoms with van der Waals surface area (Å²) in [6.45, 7) is 0.609. The Morgan fingerprint density at radius 2 is 2.00 bits per heavy atom. The van der Waals surface area contributed by atoms with Gasteiger partial charge in [-0.25, -0.2) is 14.4 Å². The maximum Gasteiger partial charge on any atom is 0.223 e. The van der Waals surface area contributed by atoms with E-state index >= 15 is 0 Å². The lowest BCUT2D eigenvalue weighted by molar-refractivity contribution is 0.625. The molecule has 4 rings (SSSR count). The van der Waals surface area contributed by atoms with Crippen LogP contribution in [0.3, 0.4) is 0 Å². The van der Waals surface area contributed by atoms with E-state index in [2.05, 4.69) is 25.3 Å². The zero-order chi connectivity index (χ0) is 18.5. The van der Waals surface area contributed by atoms with E-state index in [1.165, 1.54) is 12.1 Å². The highest BCUT2D eigenvalue weighted by Gasteiger charge is 2.13. The summed E-state index contributed by atoms with van der Waals surface area (Å²) in [5.74, 6) is 0.305. The first-order valence-corrected chi connectivity index (χ1v) is 9.33. The van der Waals surface area contributed by atoms with Gasteiger partial charge in [-0.05, 0) is 35.6 Å². The second-order valence-electron chi connectivity index (χ2n) is 5.83. The molecule has 0 aliphatic carbocycles. The molecule has 134 valence electrons. The largest absolute Gasteiger partial charge is 0.354 e. The first-order valence-electron chi connectivity index (χ1n) is 8.45. The van der Waals surface area contributed by atoms with Crippen molar-refractivity contribution in [2.24, 2.45) is 0 Å². The number of halogens is 1. The molecule has 0 saturated carbocycles. The van der Waals surface area contributed by atoms with Gasteiger partial charge in [0.2, 0.25) is 5.95 Å². The zero-order valence-electron chi connectivity index (χ0n) is 14.3. The van der Waals surface area contributed by atoms with Crippen molar-refractivity contribution >= 4 is 17.3 Å². The fourth-order valence-corrected chi connectivity index (χ4v) is 3.43. The van der Waals surface area contributed by atoms with Crippen LogP contribution in [0.1, 0.15) is 5.56 Å². The van der Waals surface area contributed by atoms with Crippen LogP contribution in [-0.2, 0) is 6.42 Å². The van der Waals surface area contributed by atoms with E-state index in [1.807, 2.05) is 23.6 Å². The molecule has 0 radical (unpaired) electrons. The second kappa shape index (κ2) is 8.01.